The molecular weight excluding hydrogens is 230 g/mol. The molecule has 4 nitrogen and oxygen atoms in total. The lowest BCUT2D eigenvalue weighted by atomic mass is 10.2. The minimum absolute atomic E-state index is 0.280. The number of benzene rings is 1. The van der Waals surface area contributed by atoms with Crippen LogP contribution in [-0.4, -0.2) is 13.2 Å². The van der Waals surface area contributed by atoms with Crippen molar-refractivity contribution in [2.24, 2.45) is 5.18 Å². The van der Waals surface area contributed by atoms with Crippen molar-refractivity contribution in [1.29, 1.82) is 0 Å². The van der Waals surface area contributed by atoms with Crippen LogP contribution >= 0.6 is 0 Å². The van der Waals surface area contributed by atoms with Crippen LogP contribution in [0.5, 0.6) is 11.5 Å². The van der Waals surface area contributed by atoms with Gasteiger partial charge in [0.05, 0.1) is 19.4 Å². The fourth-order valence-corrected chi connectivity index (χ4v) is 2.19. The third-order valence-corrected chi connectivity index (χ3v) is 3.11. The van der Waals surface area contributed by atoms with E-state index in [-0.39, 0.29) is 6.10 Å². The third-order valence-electron chi connectivity index (χ3n) is 3.11. The normalized spacial score (nSPS) is 16.1. The summed E-state index contributed by atoms with van der Waals surface area (Å²) >= 11 is 0. The van der Waals surface area contributed by atoms with Gasteiger partial charge in [0.15, 0.2) is 11.5 Å². The van der Waals surface area contributed by atoms with Crippen LogP contribution in [0.15, 0.2) is 29.6 Å². The predicted octanol–water partition coefficient (Wildman–Crippen LogP) is 3.75. The Morgan fingerprint density at radius 3 is 2.72 bits per heavy atom. The highest BCUT2D eigenvalue weighted by Crippen LogP contribution is 2.32. The predicted molar refractivity (Wildman–Crippen MR) is 70.7 cm³/mol. The van der Waals surface area contributed by atoms with Crippen molar-refractivity contribution in [3.8, 4) is 11.5 Å². The molecule has 0 heterocycles. The molecule has 2 rings (SSSR count). The molecule has 0 bridgehead atoms. The zero-order valence-corrected chi connectivity index (χ0v) is 10.5. The van der Waals surface area contributed by atoms with Crippen LogP contribution in [0.3, 0.4) is 0 Å². The number of nitroso groups, excluding NO2 is 1. The maximum Gasteiger partial charge on any atom is 0.162 e. The molecule has 18 heavy (non-hydrogen) atoms. The zero-order valence-electron chi connectivity index (χ0n) is 10.5. The van der Waals surface area contributed by atoms with Crippen molar-refractivity contribution < 1.29 is 9.47 Å². The smallest absolute Gasteiger partial charge is 0.162 e. The van der Waals surface area contributed by atoms with E-state index in [0.29, 0.717) is 0 Å². The van der Waals surface area contributed by atoms with Gasteiger partial charge in [-0.25, -0.2) is 0 Å². The van der Waals surface area contributed by atoms with E-state index < -0.39 is 0 Å². The van der Waals surface area contributed by atoms with Crippen molar-refractivity contribution in [2.45, 2.75) is 31.8 Å². The molecule has 0 atom stereocenters. The molecule has 0 aliphatic heterocycles. The molecule has 0 amide bonds. The fraction of sp³-hybridized carbons (Fsp3) is 0.429. The Hall–Kier alpha value is -1.84. The molecule has 96 valence electrons. The fourth-order valence-electron chi connectivity index (χ4n) is 2.19. The first-order chi connectivity index (χ1) is 8.83. The summed E-state index contributed by atoms with van der Waals surface area (Å²) in [6.07, 6.45) is 7.79. The van der Waals surface area contributed by atoms with E-state index >= 15 is 0 Å². The quantitative estimate of drug-likeness (QED) is 0.744. The Kier molecular flexibility index (Phi) is 4.34. The molecular formula is C14H17NO3. The molecule has 0 unspecified atom stereocenters. The second-order valence-corrected chi connectivity index (χ2v) is 4.36. The summed E-state index contributed by atoms with van der Waals surface area (Å²) in [7, 11) is 1.62. The van der Waals surface area contributed by atoms with Crippen molar-refractivity contribution in [3.05, 3.63) is 34.9 Å². The van der Waals surface area contributed by atoms with Gasteiger partial charge in [0.1, 0.15) is 0 Å². The standard InChI is InChI=1S/C14H17NO3/c1-17-13-7-6-11(8-9-15-16)10-14(13)18-12-4-2-3-5-12/h6-10,12H,2-5H2,1H3/b9-8+. The average molecular weight is 247 g/mol. The molecule has 0 aromatic heterocycles. The summed E-state index contributed by atoms with van der Waals surface area (Å²) in [5, 5.41) is 2.70. The molecule has 1 aliphatic carbocycles. The van der Waals surface area contributed by atoms with Gasteiger partial charge < -0.3 is 9.47 Å². The summed E-state index contributed by atoms with van der Waals surface area (Å²) in [5.74, 6) is 1.45. The van der Waals surface area contributed by atoms with Gasteiger partial charge in [0, 0.05) is 0 Å². The molecule has 1 aromatic carbocycles. The topological polar surface area (TPSA) is 47.9 Å². The van der Waals surface area contributed by atoms with Gasteiger partial charge in [-0.15, -0.1) is 4.91 Å². The summed E-state index contributed by atoms with van der Waals surface area (Å²) in [6.45, 7) is 0. The lowest BCUT2D eigenvalue weighted by Crippen LogP contribution is -2.11. The van der Waals surface area contributed by atoms with Crippen molar-refractivity contribution in [1.82, 2.24) is 0 Å². The van der Waals surface area contributed by atoms with Crippen molar-refractivity contribution in [2.75, 3.05) is 7.11 Å². The van der Waals surface area contributed by atoms with E-state index in [9.17, 15) is 4.91 Å². The Bertz CT molecular complexity index is 437. The van der Waals surface area contributed by atoms with Crippen LogP contribution in [0.25, 0.3) is 6.08 Å². The van der Waals surface area contributed by atoms with Crippen LogP contribution in [0.4, 0.5) is 0 Å². The highest BCUT2D eigenvalue weighted by atomic mass is 16.5. The van der Waals surface area contributed by atoms with Gasteiger partial charge >= 0.3 is 0 Å². The summed E-state index contributed by atoms with van der Waals surface area (Å²) in [6, 6.07) is 5.58. The monoisotopic (exact) mass is 247 g/mol. The largest absolute Gasteiger partial charge is 0.493 e. The van der Waals surface area contributed by atoms with E-state index in [1.165, 1.54) is 19.0 Å². The van der Waals surface area contributed by atoms with E-state index in [1.54, 1.807) is 13.2 Å². The first kappa shape index (κ1) is 12.6. The zero-order chi connectivity index (χ0) is 12.8. The first-order valence-electron chi connectivity index (χ1n) is 6.17. The Morgan fingerprint density at radius 1 is 1.28 bits per heavy atom. The maximum absolute atomic E-state index is 10.1. The van der Waals surface area contributed by atoms with Gasteiger partial charge in [0.25, 0.3) is 0 Å². The molecule has 0 radical (unpaired) electrons. The van der Waals surface area contributed by atoms with Crippen LogP contribution in [-0.2, 0) is 0 Å². The highest BCUT2D eigenvalue weighted by Gasteiger charge is 2.18. The Morgan fingerprint density at radius 2 is 2.06 bits per heavy atom. The second kappa shape index (κ2) is 6.19. The third kappa shape index (κ3) is 3.09. The van der Waals surface area contributed by atoms with Gasteiger partial charge in [-0.05, 0) is 54.6 Å². The molecule has 4 heteroatoms. The molecule has 1 saturated carbocycles. The molecule has 0 spiro atoms. The molecule has 1 aromatic rings. The number of hydrogen-bond acceptors (Lipinski definition) is 4. The lowest BCUT2D eigenvalue weighted by molar-refractivity contribution is 0.201. The highest BCUT2D eigenvalue weighted by molar-refractivity contribution is 5.55. The Balaban J connectivity index is 2.18. The van der Waals surface area contributed by atoms with Crippen molar-refractivity contribution >= 4 is 6.08 Å². The van der Waals surface area contributed by atoms with Gasteiger partial charge in [-0.1, -0.05) is 6.07 Å². The second-order valence-electron chi connectivity index (χ2n) is 4.36. The van der Waals surface area contributed by atoms with Crippen LogP contribution in [0.1, 0.15) is 31.2 Å². The number of hydrogen-bond donors (Lipinski definition) is 0. The molecule has 1 fully saturated rings. The van der Waals surface area contributed by atoms with Gasteiger partial charge in [-0.2, -0.15) is 0 Å². The van der Waals surface area contributed by atoms with Crippen molar-refractivity contribution in [3.63, 3.8) is 0 Å². The van der Waals surface area contributed by atoms with E-state index in [0.717, 1.165) is 29.9 Å². The molecule has 1 aliphatic rings. The Labute approximate surface area is 107 Å². The van der Waals surface area contributed by atoms with E-state index in [2.05, 4.69) is 5.18 Å². The van der Waals surface area contributed by atoms with Crippen LogP contribution in [0.2, 0.25) is 0 Å². The lowest BCUT2D eigenvalue weighted by Gasteiger charge is -2.16. The molecule has 0 saturated heterocycles. The summed E-state index contributed by atoms with van der Waals surface area (Å²) in [5.41, 5.74) is 0.878. The number of nitrogens with zero attached hydrogens (tertiary/aromatic N) is 1. The van der Waals surface area contributed by atoms with Gasteiger partial charge in [-0.3, -0.25) is 0 Å². The minimum atomic E-state index is 0.280. The number of methoxy groups -OCH3 is 1. The van der Waals surface area contributed by atoms with E-state index in [4.69, 9.17) is 9.47 Å². The van der Waals surface area contributed by atoms with E-state index in [1.807, 2.05) is 18.2 Å². The maximum atomic E-state index is 10.1. The first-order valence-corrected chi connectivity index (χ1v) is 6.17. The van der Waals surface area contributed by atoms with Crippen LogP contribution < -0.4 is 9.47 Å². The average Bonchev–Trinajstić information content (AvgIpc) is 2.89. The number of ether oxygens (including phenoxy) is 2. The molecule has 0 N–H and O–H groups in total. The minimum Gasteiger partial charge on any atom is -0.493 e. The summed E-state index contributed by atoms with van der Waals surface area (Å²) < 4.78 is 11.2. The van der Waals surface area contributed by atoms with Gasteiger partial charge in [0.2, 0.25) is 0 Å². The number of rotatable bonds is 5. The summed E-state index contributed by atoms with van der Waals surface area (Å²) in [4.78, 5) is 10.1. The SMILES string of the molecule is COc1ccc(/C=C/N=O)cc1OC1CCCC1. The van der Waals surface area contributed by atoms with Crippen LogP contribution in [0, 0.1) is 4.91 Å².